The van der Waals surface area contributed by atoms with Crippen molar-refractivity contribution < 1.29 is 23.9 Å². The third kappa shape index (κ3) is 7.62. The third-order valence-electron chi connectivity index (χ3n) is 2.89. The van der Waals surface area contributed by atoms with Gasteiger partial charge in [-0.15, -0.1) is 0 Å². The van der Waals surface area contributed by atoms with E-state index in [1.807, 2.05) is 0 Å². The highest BCUT2D eigenvalue weighted by Crippen LogP contribution is 2.26. The van der Waals surface area contributed by atoms with Crippen molar-refractivity contribution in [1.82, 2.24) is 15.5 Å². The summed E-state index contributed by atoms with van der Waals surface area (Å²) in [6, 6.07) is -0.347. The van der Waals surface area contributed by atoms with Gasteiger partial charge in [0.1, 0.15) is 0 Å². The van der Waals surface area contributed by atoms with Gasteiger partial charge in [0, 0.05) is 19.7 Å². The maximum atomic E-state index is 11.8. The first-order valence-corrected chi connectivity index (χ1v) is 7.03. The molecule has 0 aromatic carbocycles. The molecule has 0 aromatic heterocycles. The molecule has 0 unspecified atom stereocenters. The van der Waals surface area contributed by atoms with E-state index in [-0.39, 0.29) is 25.1 Å². The number of carbonyl (C=O) groups is 3. The Balaban J connectivity index is 2.31. The van der Waals surface area contributed by atoms with Crippen LogP contribution in [0.5, 0.6) is 0 Å². The van der Waals surface area contributed by atoms with Crippen LogP contribution < -0.4 is 10.6 Å². The van der Waals surface area contributed by atoms with Gasteiger partial charge >= 0.3 is 12.0 Å². The van der Waals surface area contributed by atoms with Crippen LogP contribution in [-0.4, -0.2) is 68.8 Å². The van der Waals surface area contributed by atoms with Crippen LogP contribution in [0.2, 0.25) is 0 Å². The molecule has 2 N–H and O–H groups in total. The standard InChI is InChI=1S/C13H23N3O5/c1-3-21-12(18)9-16(10-4-5-10)8-11(17)15-13(19)14-6-7-20-2/h10H,3-9H2,1-2H3,(H2,14,15,17,19). The average molecular weight is 301 g/mol. The number of carbonyl (C=O) groups excluding carboxylic acids is 3. The van der Waals surface area contributed by atoms with Gasteiger partial charge in [-0.3, -0.25) is 19.8 Å². The first-order chi connectivity index (χ1) is 10.1. The van der Waals surface area contributed by atoms with Gasteiger partial charge in [0.05, 0.1) is 26.3 Å². The number of imide groups is 1. The molecule has 1 aliphatic carbocycles. The minimum absolute atomic E-state index is 0.00117. The Morgan fingerprint density at radius 2 is 1.95 bits per heavy atom. The Morgan fingerprint density at radius 3 is 2.52 bits per heavy atom. The molecule has 0 bridgehead atoms. The summed E-state index contributed by atoms with van der Waals surface area (Å²) in [6.07, 6.45) is 1.90. The summed E-state index contributed by atoms with van der Waals surface area (Å²) in [5.74, 6) is -0.803. The zero-order valence-corrected chi connectivity index (χ0v) is 12.5. The molecule has 0 radical (unpaired) electrons. The molecule has 3 amide bonds. The fraction of sp³-hybridized carbons (Fsp3) is 0.769. The molecule has 0 atom stereocenters. The van der Waals surface area contributed by atoms with Gasteiger partial charge in [0.25, 0.3) is 0 Å². The number of nitrogens with zero attached hydrogens (tertiary/aromatic N) is 1. The van der Waals surface area contributed by atoms with Crippen molar-refractivity contribution in [2.75, 3.05) is 40.0 Å². The number of urea groups is 1. The maximum absolute atomic E-state index is 11.8. The normalized spacial score (nSPS) is 13.9. The molecule has 0 heterocycles. The summed E-state index contributed by atoms with van der Waals surface area (Å²) in [7, 11) is 1.52. The fourth-order valence-electron chi connectivity index (χ4n) is 1.79. The number of amides is 3. The van der Waals surface area contributed by atoms with E-state index in [2.05, 4.69) is 10.6 Å². The number of hydrogen-bond donors (Lipinski definition) is 2. The second-order valence-corrected chi connectivity index (χ2v) is 4.74. The smallest absolute Gasteiger partial charge is 0.321 e. The van der Waals surface area contributed by atoms with Crippen molar-refractivity contribution in [3.8, 4) is 0 Å². The molecule has 0 aliphatic heterocycles. The van der Waals surface area contributed by atoms with E-state index in [1.54, 1.807) is 11.8 Å². The number of nitrogens with one attached hydrogen (secondary N) is 2. The predicted molar refractivity (Wildman–Crippen MR) is 74.6 cm³/mol. The van der Waals surface area contributed by atoms with Crippen LogP contribution in [-0.2, 0) is 19.1 Å². The predicted octanol–water partition coefficient (Wildman–Crippen LogP) is -0.514. The highest BCUT2D eigenvalue weighted by molar-refractivity contribution is 5.95. The van der Waals surface area contributed by atoms with Gasteiger partial charge in [0.2, 0.25) is 5.91 Å². The van der Waals surface area contributed by atoms with Crippen LogP contribution in [0.25, 0.3) is 0 Å². The van der Waals surface area contributed by atoms with Crippen molar-refractivity contribution in [2.24, 2.45) is 0 Å². The fourth-order valence-corrected chi connectivity index (χ4v) is 1.79. The number of rotatable bonds is 9. The second kappa shape index (κ2) is 9.30. The lowest BCUT2D eigenvalue weighted by atomic mass is 10.4. The van der Waals surface area contributed by atoms with E-state index in [9.17, 15) is 14.4 Å². The van der Waals surface area contributed by atoms with Crippen molar-refractivity contribution in [3.05, 3.63) is 0 Å². The number of esters is 1. The molecule has 1 rings (SSSR count). The Bertz CT molecular complexity index is 371. The Hall–Kier alpha value is -1.67. The molecular formula is C13H23N3O5. The summed E-state index contributed by atoms with van der Waals surface area (Å²) in [4.78, 5) is 36.4. The summed E-state index contributed by atoms with van der Waals surface area (Å²) < 4.78 is 9.65. The SMILES string of the molecule is CCOC(=O)CN(CC(=O)NC(=O)NCCOC)C1CC1. The zero-order valence-electron chi connectivity index (χ0n) is 12.5. The van der Waals surface area contributed by atoms with Gasteiger partial charge in [-0.2, -0.15) is 0 Å². The average Bonchev–Trinajstić information content (AvgIpc) is 3.22. The molecular weight excluding hydrogens is 278 g/mol. The lowest BCUT2D eigenvalue weighted by Crippen LogP contribution is -2.46. The van der Waals surface area contributed by atoms with E-state index in [1.165, 1.54) is 7.11 Å². The summed E-state index contributed by atoms with van der Waals surface area (Å²) >= 11 is 0. The van der Waals surface area contributed by atoms with E-state index >= 15 is 0 Å². The largest absolute Gasteiger partial charge is 0.465 e. The number of hydrogen-bond acceptors (Lipinski definition) is 6. The molecule has 8 heteroatoms. The van der Waals surface area contributed by atoms with Crippen LogP contribution in [0, 0.1) is 0 Å². The second-order valence-electron chi connectivity index (χ2n) is 4.74. The lowest BCUT2D eigenvalue weighted by molar-refractivity contribution is -0.144. The first-order valence-electron chi connectivity index (χ1n) is 7.03. The Labute approximate surface area is 124 Å². The molecule has 0 spiro atoms. The van der Waals surface area contributed by atoms with Crippen LogP contribution in [0.1, 0.15) is 19.8 Å². The quantitative estimate of drug-likeness (QED) is 0.440. The maximum Gasteiger partial charge on any atom is 0.321 e. The minimum Gasteiger partial charge on any atom is -0.465 e. The topological polar surface area (TPSA) is 97.0 Å². The van der Waals surface area contributed by atoms with Crippen molar-refractivity contribution in [3.63, 3.8) is 0 Å². The lowest BCUT2D eigenvalue weighted by Gasteiger charge is -2.19. The third-order valence-corrected chi connectivity index (χ3v) is 2.89. The molecule has 120 valence electrons. The summed E-state index contributed by atoms with van der Waals surface area (Å²) in [6.45, 7) is 2.81. The first kappa shape index (κ1) is 17.4. The highest BCUT2D eigenvalue weighted by atomic mass is 16.5. The Kier molecular flexibility index (Phi) is 7.70. The van der Waals surface area contributed by atoms with Gasteiger partial charge < -0.3 is 14.8 Å². The van der Waals surface area contributed by atoms with Gasteiger partial charge in [-0.1, -0.05) is 0 Å². The van der Waals surface area contributed by atoms with Crippen molar-refractivity contribution >= 4 is 17.9 Å². The van der Waals surface area contributed by atoms with Crippen LogP contribution in [0.3, 0.4) is 0 Å². The molecule has 1 saturated carbocycles. The number of methoxy groups -OCH3 is 1. The molecule has 0 saturated heterocycles. The van der Waals surface area contributed by atoms with Gasteiger partial charge in [-0.05, 0) is 19.8 Å². The molecule has 8 nitrogen and oxygen atoms in total. The Morgan fingerprint density at radius 1 is 1.24 bits per heavy atom. The molecule has 1 fully saturated rings. The number of ether oxygens (including phenoxy) is 2. The van der Waals surface area contributed by atoms with E-state index in [0.29, 0.717) is 19.8 Å². The van der Waals surface area contributed by atoms with Crippen LogP contribution >= 0.6 is 0 Å². The van der Waals surface area contributed by atoms with E-state index < -0.39 is 11.9 Å². The monoisotopic (exact) mass is 301 g/mol. The van der Waals surface area contributed by atoms with E-state index in [4.69, 9.17) is 9.47 Å². The van der Waals surface area contributed by atoms with Crippen molar-refractivity contribution in [2.45, 2.75) is 25.8 Å². The molecule has 21 heavy (non-hydrogen) atoms. The van der Waals surface area contributed by atoms with Crippen molar-refractivity contribution in [1.29, 1.82) is 0 Å². The molecule has 1 aliphatic rings. The van der Waals surface area contributed by atoms with Gasteiger partial charge in [-0.25, -0.2) is 4.79 Å². The zero-order chi connectivity index (χ0) is 15.7. The minimum atomic E-state index is -0.566. The van der Waals surface area contributed by atoms with Crippen LogP contribution in [0.4, 0.5) is 4.79 Å². The van der Waals surface area contributed by atoms with Gasteiger partial charge in [0.15, 0.2) is 0 Å². The molecule has 0 aromatic rings. The van der Waals surface area contributed by atoms with E-state index in [0.717, 1.165) is 12.8 Å². The highest BCUT2D eigenvalue weighted by Gasteiger charge is 2.32. The summed E-state index contributed by atoms with van der Waals surface area (Å²) in [5.41, 5.74) is 0. The summed E-state index contributed by atoms with van der Waals surface area (Å²) in [5, 5.41) is 4.71. The van der Waals surface area contributed by atoms with Crippen LogP contribution in [0.15, 0.2) is 0 Å².